The molecule has 0 spiro atoms. The van der Waals surface area contributed by atoms with Crippen molar-refractivity contribution in [1.82, 2.24) is 5.32 Å². The van der Waals surface area contributed by atoms with Crippen molar-refractivity contribution in [2.45, 2.75) is 18.6 Å². The van der Waals surface area contributed by atoms with Gasteiger partial charge in [-0.2, -0.15) is 0 Å². The molecule has 0 amide bonds. The van der Waals surface area contributed by atoms with Crippen LogP contribution in [0.25, 0.3) is 6.08 Å². The molecule has 3 rings (SSSR count). The number of hydrogen-bond acceptors (Lipinski definition) is 7. The van der Waals surface area contributed by atoms with Crippen LogP contribution in [0.15, 0.2) is 83.1 Å². The first-order valence-corrected chi connectivity index (χ1v) is 9.73. The number of ether oxygens (including phenoxy) is 2. The molecule has 0 bridgehead atoms. The largest absolute Gasteiger partial charge is 0.509 e. The summed E-state index contributed by atoms with van der Waals surface area (Å²) in [4.78, 5) is 28.7. The Balaban J connectivity index is 1.95. The van der Waals surface area contributed by atoms with Crippen LogP contribution in [0.3, 0.4) is 0 Å². The van der Waals surface area contributed by atoms with Crippen molar-refractivity contribution in [3.63, 3.8) is 0 Å². The Labute approximate surface area is 180 Å². The number of benzene rings is 2. The molecule has 7 nitrogen and oxygen atoms in total. The number of carbonyl (C=O) groups excluding carboxylic acids is 2. The molecule has 2 aromatic carbocycles. The Morgan fingerprint density at radius 2 is 1.65 bits per heavy atom. The van der Waals surface area contributed by atoms with Crippen LogP contribution in [0.4, 0.5) is 0 Å². The van der Waals surface area contributed by atoms with Gasteiger partial charge in [0.15, 0.2) is 5.71 Å². The highest BCUT2D eigenvalue weighted by atomic mass is 16.5. The first kappa shape index (κ1) is 22.0. The van der Waals surface area contributed by atoms with Crippen molar-refractivity contribution in [3.05, 3.63) is 89.2 Å². The molecular weight excluding hydrogens is 396 g/mol. The summed E-state index contributed by atoms with van der Waals surface area (Å²) in [5.41, 5.74) is 1.46. The molecule has 7 heteroatoms. The van der Waals surface area contributed by atoms with E-state index in [0.29, 0.717) is 6.54 Å². The van der Waals surface area contributed by atoms with E-state index < -0.39 is 24.0 Å². The maximum Gasteiger partial charge on any atom is 0.357 e. The molecule has 1 heterocycles. The van der Waals surface area contributed by atoms with Crippen LogP contribution < -0.4 is 5.32 Å². The molecule has 0 aromatic heterocycles. The van der Waals surface area contributed by atoms with Crippen LogP contribution in [0.5, 0.6) is 0 Å². The van der Waals surface area contributed by atoms with E-state index in [1.54, 1.807) is 0 Å². The molecule has 0 aliphatic carbocycles. The lowest BCUT2D eigenvalue weighted by atomic mass is 10.0. The summed E-state index contributed by atoms with van der Waals surface area (Å²) in [5, 5.41) is 14.2. The van der Waals surface area contributed by atoms with E-state index in [-0.39, 0.29) is 17.0 Å². The highest BCUT2D eigenvalue weighted by molar-refractivity contribution is 6.50. The molecule has 0 saturated heterocycles. The second kappa shape index (κ2) is 10.4. The van der Waals surface area contributed by atoms with Crippen LogP contribution in [0.1, 0.15) is 11.1 Å². The van der Waals surface area contributed by atoms with Gasteiger partial charge >= 0.3 is 11.9 Å². The van der Waals surface area contributed by atoms with Crippen molar-refractivity contribution < 1.29 is 24.2 Å². The number of esters is 2. The molecular formula is C24H24N2O5. The number of aliphatic imine (C=N–C) groups is 1. The molecule has 31 heavy (non-hydrogen) atoms. The first-order chi connectivity index (χ1) is 15.0. The smallest absolute Gasteiger partial charge is 0.357 e. The molecule has 160 valence electrons. The maximum absolute atomic E-state index is 12.2. The Kier molecular flexibility index (Phi) is 7.35. The molecule has 2 aromatic rings. The van der Waals surface area contributed by atoms with Gasteiger partial charge in [-0.05, 0) is 11.1 Å². The molecule has 0 saturated carbocycles. The zero-order valence-corrected chi connectivity index (χ0v) is 17.3. The summed E-state index contributed by atoms with van der Waals surface area (Å²) in [5.74, 6) is -2.00. The molecule has 0 radical (unpaired) electrons. The lowest BCUT2D eigenvalue weighted by molar-refractivity contribution is -0.137. The van der Waals surface area contributed by atoms with Crippen molar-refractivity contribution in [2.75, 3.05) is 14.2 Å². The molecule has 2 N–H and O–H groups in total. The number of methoxy groups -OCH3 is 2. The van der Waals surface area contributed by atoms with Crippen molar-refractivity contribution >= 4 is 23.7 Å². The second-order valence-electron chi connectivity index (χ2n) is 6.83. The quantitative estimate of drug-likeness (QED) is 0.638. The molecule has 1 aliphatic heterocycles. The Morgan fingerprint density at radius 3 is 2.26 bits per heavy atom. The molecule has 0 fully saturated rings. The van der Waals surface area contributed by atoms with Crippen molar-refractivity contribution in [2.24, 2.45) is 4.99 Å². The number of aliphatic hydroxyl groups is 1. The lowest BCUT2D eigenvalue weighted by Gasteiger charge is -2.20. The predicted octanol–water partition coefficient (Wildman–Crippen LogP) is 2.84. The average Bonchev–Trinajstić information content (AvgIpc) is 3.16. The zero-order valence-electron chi connectivity index (χ0n) is 17.3. The summed E-state index contributed by atoms with van der Waals surface area (Å²) in [7, 11) is 2.36. The van der Waals surface area contributed by atoms with Gasteiger partial charge in [-0.3, -0.25) is 4.99 Å². The van der Waals surface area contributed by atoms with Gasteiger partial charge in [0.25, 0.3) is 0 Å². The number of rotatable bonds is 8. The van der Waals surface area contributed by atoms with E-state index in [9.17, 15) is 14.7 Å². The minimum atomic E-state index is -0.896. The van der Waals surface area contributed by atoms with Gasteiger partial charge in [0.2, 0.25) is 0 Å². The van der Waals surface area contributed by atoms with Gasteiger partial charge in [0.05, 0.1) is 20.3 Å². The number of hydrogen-bond donors (Lipinski definition) is 2. The van der Waals surface area contributed by atoms with Gasteiger partial charge < -0.3 is 19.9 Å². The van der Waals surface area contributed by atoms with Crippen LogP contribution >= 0.6 is 0 Å². The highest BCUT2D eigenvalue weighted by Gasteiger charge is 2.40. The summed E-state index contributed by atoms with van der Waals surface area (Å²) in [6, 6.07) is 18.0. The van der Waals surface area contributed by atoms with Crippen LogP contribution in [-0.2, 0) is 25.6 Å². The second-order valence-corrected chi connectivity index (χ2v) is 6.83. The summed E-state index contributed by atoms with van der Waals surface area (Å²) >= 11 is 0. The SMILES string of the molecule is COC(=O)C1=NC(C(/C=C/c2ccccc2)NCc2ccccc2)C(O)=C1C(=O)OC. The third-order valence-electron chi connectivity index (χ3n) is 4.83. The Morgan fingerprint density at radius 1 is 1.03 bits per heavy atom. The van der Waals surface area contributed by atoms with Gasteiger partial charge in [-0.1, -0.05) is 72.8 Å². The summed E-state index contributed by atoms with van der Waals surface area (Å²) < 4.78 is 9.47. The van der Waals surface area contributed by atoms with E-state index in [4.69, 9.17) is 9.47 Å². The van der Waals surface area contributed by atoms with Crippen LogP contribution in [0, 0.1) is 0 Å². The van der Waals surface area contributed by atoms with E-state index in [2.05, 4.69) is 10.3 Å². The van der Waals surface area contributed by atoms with E-state index in [1.165, 1.54) is 14.2 Å². The topological polar surface area (TPSA) is 97.2 Å². The number of nitrogens with zero attached hydrogens (tertiary/aromatic N) is 1. The minimum absolute atomic E-state index is 0.253. The van der Waals surface area contributed by atoms with E-state index >= 15 is 0 Å². The number of nitrogens with one attached hydrogen (secondary N) is 1. The van der Waals surface area contributed by atoms with Crippen LogP contribution in [-0.4, -0.2) is 49.1 Å². The fourth-order valence-electron chi connectivity index (χ4n) is 3.23. The molecule has 2 unspecified atom stereocenters. The minimum Gasteiger partial charge on any atom is -0.509 e. The van der Waals surface area contributed by atoms with Gasteiger partial charge in [-0.25, -0.2) is 9.59 Å². The van der Waals surface area contributed by atoms with Crippen molar-refractivity contribution in [1.29, 1.82) is 0 Å². The van der Waals surface area contributed by atoms with Gasteiger partial charge in [-0.15, -0.1) is 0 Å². The number of aliphatic hydroxyl groups excluding tert-OH is 1. The Hall–Kier alpha value is -3.71. The zero-order chi connectivity index (χ0) is 22.2. The predicted molar refractivity (Wildman–Crippen MR) is 117 cm³/mol. The maximum atomic E-state index is 12.2. The van der Waals surface area contributed by atoms with Gasteiger partial charge in [0, 0.05) is 6.54 Å². The van der Waals surface area contributed by atoms with E-state index in [1.807, 2.05) is 72.8 Å². The Bertz CT molecular complexity index is 1010. The highest BCUT2D eigenvalue weighted by Crippen LogP contribution is 2.25. The fraction of sp³-hybridized carbons (Fsp3) is 0.208. The van der Waals surface area contributed by atoms with Crippen molar-refractivity contribution in [3.8, 4) is 0 Å². The lowest BCUT2D eigenvalue weighted by Crippen LogP contribution is -2.37. The van der Waals surface area contributed by atoms with Crippen LogP contribution in [0.2, 0.25) is 0 Å². The summed E-state index contributed by atoms with van der Waals surface area (Å²) in [6.07, 6.45) is 3.73. The van der Waals surface area contributed by atoms with Gasteiger partial charge in [0.1, 0.15) is 17.4 Å². The third-order valence-corrected chi connectivity index (χ3v) is 4.83. The monoisotopic (exact) mass is 420 g/mol. The third kappa shape index (κ3) is 5.26. The fourth-order valence-corrected chi connectivity index (χ4v) is 3.23. The first-order valence-electron chi connectivity index (χ1n) is 9.73. The molecule has 2 atom stereocenters. The van der Waals surface area contributed by atoms with E-state index in [0.717, 1.165) is 11.1 Å². The standard InChI is InChI=1S/C24H24N2O5/c1-30-23(28)19-21(24(29)31-2)26-20(22(19)27)18(14-13-16-9-5-3-6-10-16)25-15-17-11-7-4-8-12-17/h3-14,18,20,25,27H,15H2,1-2H3/b14-13+. The normalized spacial score (nSPS) is 16.8. The summed E-state index contributed by atoms with van der Waals surface area (Å²) in [6.45, 7) is 0.491. The number of carbonyl (C=O) groups is 2. The average molecular weight is 420 g/mol. The molecule has 1 aliphatic rings.